The number of halogens is 1. The molecule has 1 amide bonds. The van der Waals surface area contributed by atoms with Crippen LogP contribution < -0.4 is 10.1 Å². The molecule has 1 saturated heterocycles. The number of rotatable bonds is 6. The number of hydrogen-bond donors (Lipinski definition) is 1. The van der Waals surface area contributed by atoms with E-state index in [4.69, 9.17) is 4.74 Å². The summed E-state index contributed by atoms with van der Waals surface area (Å²) in [5.41, 5.74) is 3.39. The van der Waals surface area contributed by atoms with Gasteiger partial charge in [-0.3, -0.25) is 4.79 Å². The molecule has 3 rings (SSSR count). The number of carbonyl (C=O) groups is 1. The zero-order chi connectivity index (χ0) is 17.6. The van der Waals surface area contributed by atoms with Crippen LogP contribution in [0.2, 0.25) is 0 Å². The van der Waals surface area contributed by atoms with Crippen LogP contribution in [0.4, 0.5) is 0 Å². The topological polar surface area (TPSA) is 41.6 Å². The average Bonchev–Trinajstić information content (AvgIpc) is 3.15. The average molecular weight is 375 g/mol. The SMILES string of the molecule is Cc1ccccc1COc1cccc(CC(=O)N(C)C2CCNC2)c1.Cl. The van der Waals surface area contributed by atoms with Crippen molar-refractivity contribution < 1.29 is 9.53 Å². The Morgan fingerprint density at radius 3 is 2.77 bits per heavy atom. The number of likely N-dealkylation sites (N-methyl/N-ethyl adjacent to an activating group) is 1. The van der Waals surface area contributed by atoms with E-state index < -0.39 is 0 Å². The zero-order valence-electron chi connectivity index (χ0n) is 15.4. The molecule has 2 aromatic carbocycles. The summed E-state index contributed by atoms with van der Waals surface area (Å²) in [6, 6.07) is 16.4. The van der Waals surface area contributed by atoms with Gasteiger partial charge in [0.05, 0.1) is 6.42 Å². The first kappa shape index (κ1) is 20.3. The second-order valence-corrected chi connectivity index (χ2v) is 6.69. The van der Waals surface area contributed by atoms with Gasteiger partial charge in [-0.25, -0.2) is 0 Å². The minimum atomic E-state index is 0. The van der Waals surface area contributed by atoms with Crippen LogP contribution in [0.15, 0.2) is 48.5 Å². The maximum Gasteiger partial charge on any atom is 0.227 e. The predicted molar refractivity (Wildman–Crippen MR) is 107 cm³/mol. The Hall–Kier alpha value is -2.04. The largest absolute Gasteiger partial charge is 0.489 e. The van der Waals surface area contributed by atoms with Crippen molar-refractivity contribution in [2.45, 2.75) is 32.4 Å². The number of nitrogens with one attached hydrogen (secondary N) is 1. The lowest BCUT2D eigenvalue weighted by molar-refractivity contribution is -0.130. The molecule has 5 heteroatoms. The van der Waals surface area contributed by atoms with Gasteiger partial charge < -0.3 is 15.0 Å². The van der Waals surface area contributed by atoms with Crippen LogP contribution in [-0.2, 0) is 17.8 Å². The molecule has 26 heavy (non-hydrogen) atoms. The summed E-state index contributed by atoms with van der Waals surface area (Å²) in [4.78, 5) is 14.4. The monoisotopic (exact) mass is 374 g/mol. The molecule has 1 aliphatic heterocycles. The molecule has 1 aliphatic rings. The van der Waals surface area contributed by atoms with Crippen LogP contribution in [0.25, 0.3) is 0 Å². The fraction of sp³-hybridized carbons (Fsp3) is 0.381. The fourth-order valence-corrected chi connectivity index (χ4v) is 3.15. The van der Waals surface area contributed by atoms with Gasteiger partial charge in [0.1, 0.15) is 12.4 Å². The summed E-state index contributed by atoms with van der Waals surface area (Å²) < 4.78 is 5.92. The first-order valence-electron chi connectivity index (χ1n) is 8.86. The van der Waals surface area contributed by atoms with Crippen LogP contribution >= 0.6 is 12.4 Å². The van der Waals surface area contributed by atoms with E-state index in [0.29, 0.717) is 19.1 Å². The molecule has 0 aliphatic carbocycles. The van der Waals surface area contributed by atoms with Crippen LogP contribution in [0.3, 0.4) is 0 Å². The summed E-state index contributed by atoms with van der Waals surface area (Å²) in [7, 11) is 1.90. The third-order valence-electron chi connectivity index (χ3n) is 4.88. The molecule has 1 heterocycles. The van der Waals surface area contributed by atoms with E-state index in [1.54, 1.807) is 0 Å². The Balaban J connectivity index is 0.00000243. The van der Waals surface area contributed by atoms with Crippen LogP contribution in [-0.4, -0.2) is 37.0 Å². The van der Waals surface area contributed by atoms with E-state index in [1.807, 2.05) is 48.3 Å². The number of ether oxygens (including phenoxy) is 1. The molecule has 1 N–H and O–H groups in total. The number of carbonyl (C=O) groups excluding carboxylic acids is 1. The Kier molecular flexibility index (Phi) is 7.49. The Morgan fingerprint density at radius 1 is 1.23 bits per heavy atom. The molecule has 0 saturated carbocycles. The molecule has 1 fully saturated rings. The van der Waals surface area contributed by atoms with E-state index in [9.17, 15) is 4.79 Å². The van der Waals surface area contributed by atoms with Crippen LogP contribution in [0, 0.1) is 6.92 Å². The zero-order valence-corrected chi connectivity index (χ0v) is 16.2. The molecule has 140 valence electrons. The standard InChI is InChI=1S/C21H26N2O2.ClH/c1-16-6-3-4-8-18(16)15-25-20-9-5-7-17(12-20)13-21(24)23(2)19-10-11-22-14-19;/h3-9,12,19,22H,10-11,13-15H2,1-2H3;1H. The summed E-state index contributed by atoms with van der Waals surface area (Å²) in [5, 5.41) is 3.30. The van der Waals surface area contributed by atoms with Gasteiger partial charge >= 0.3 is 0 Å². The van der Waals surface area contributed by atoms with Crippen LogP contribution in [0.5, 0.6) is 5.75 Å². The molecular weight excluding hydrogens is 348 g/mol. The van der Waals surface area contributed by atoms with Gasteiger partial charge in [-0.05, 0) is 48.7 Å². The highest BCUT2D eigenvalue weighted by Gasteiger charge is 2.23. The van der Waals surface area contributed by atoms with Crippen LogP contribution in [0.1, 0.15) is 23.1 Å². The van der Waals surface area contributed by atoms with Gasteiger partial charge in [-0.2, -0.15) is 0 Å². The summed E-state index contributed by atoms with van der Waals surface area (Å²) in [5.74, 6) is 0.962. The highest BCUT2D eigenvalue weighted by molar-refractivity contribution is 5.85. The molecule has 0 radical (unpaired) electrons. The maximum absolute atomic E-state index is 12.5. The molecule has 2 aromatic rings. The minimum absolute atomic E-state index is 0. The fourth-order valence-electron chi connectivity index (χ4n) is 3.15. The lowest BCUT2D eigenvalue weighted by atomic mass is 10.1. The highest BCUT2D eigenvalue weighted by Crippen LogP contribution is 2.18. The lowest BCUT2D eigenvalue weighted by Gasteiger charge is -2.23. The Labute approximate surface area is 162 Å². The van der Waals surface area contributed by atoms with Gasteiger partial charge in [0.25, 0.3) is 0 Å². The van der Waals surface area contributed by atoms with Crippen molar-refractivity contribution >= 4 is 18.3 Å². The molecule has 0 bridgehead atoms. The molecule has 1 atom stereocenters. The number of hydrogen-bond acceptors (Lipinski definition) is 3. The van der Waals surface area contributed by atoms with E-state index in [1.165, 1.54) is 11.1 Å². The van der Waals surface area contributed by atoms with Gasteiger partial charge in [-0.1, -0.05) is 36.4 Å². The van der Waals surface area contributed by atoms with Crippen molar-refractivity contribution in [1.82, 2.24) is 10.2 Å². The second kappa shape index (κ2) is 9.60. The van der Waals surface area contributed by atoms with Gasteiger partial charge in [-0.15, -0.1) is 12.4 Å². The third kappa shape index (κ3) is 5.23. The Bertz CT molecular complexity index is 729. The van der Waals surface area contributed by atoms with Crippen molar-refractivity contribution in [1.29, 1.82) is 0 Å². The van der Waals surface area contributed by atoms with Gasteiger partial charge in [0.15, 0.2) is 0 Å². The minimum Gasteiger partial charge on any atom is -0.489 e. The van der Waals surface area contributed by atoms with Crippen molar-refractivity contribution in [3.63, 3.8) is 0 Å². The molecular formula is C21H27ClN2O2. The van der Waals surface area contributed by atoms with E-state index in [0.717, 1.165) is 30.8 Å². The summed E-state index contributed by atoms with van der Waals surface area (Å²) in [6.07, 6.45) is 1.44. The van der Waals surface area contributed by atoms with E-state index >= 15 is 0 Å². The van der Waals surface area contributed by atoms with Crippen molar-refractivity contribution in [2.75, 3.05) is 20.1 Å². The smallest absolute Gasteiger partial charge is 0.227 e. The second-order valence-electron chi connectivity index (χ2n) is 6.69. The summed E-state index contributed by atoms with van der Waals surface area (Å²) >= 11 is 0. The number of nitrogens with zero attached hydrogens (tertiary/aromatic N) is 1. The molecule has 1 unspecified atom stereocenters. The summed E-state index contributed by atoms with van der Waals surface area (Å²) in [6.45, 7) is 4.51. The van der Waals surface area contributed by atoms with E-state index in [-0.39, 0.29) is 18.3 Å². The van der Waals surface area contributed by atoms with E-state index in [2.05, 4.69) is 24.4 Å². The van der Waals surface area contributed by atoms with Crippen molar-refractivity contribution in [3.05, 3.63) is 65.2 Å². The third-order valence-corrected chi connectivity index (χ3v) is 4.88. The molecule has 4 nitrogen and oxygen atoms in total. The van der Waals surface area contributed by atoms with Crippen molar-refractivity contribution in [3.8, 4) is 5.75 Å². The number of benzene rings is 2. The number of aryl methyl sites for hydroxylation is 1. The lowest BCUT2D eigenvalue weighted by Crippen LogP contribution is -2.39. The first-order chi connectivity index (χ1) is 12.1. The van der Waals surface area contributed by atoms with Gasteiger partial charge in [0.2, 0.25) is 5.91 Å². The normalized spacial score (nSPS) is 16.0. The molecule has 0 aromatic heterocycles. The highest BCUT2D eigenvalue weighted by atomic mass is 35.5. The number of amides is 1. The Morgan fingerprint density at radius 2 is 2.04 bits per heavy atom. The first-order valence-corrected chi connectivity index (χ1v) is 8.86. The van der Waals surface area contributed by atoms with Crippen molar-refractivity contribution in [2.24, 2.45) is 0 Å². The molecule has 0 spiro atoms. The quantitative estimate of drug-likeness (QED) is 0.843. The predicted octanol–water partition coefficient (Wildman–Crippen LogP) is 3.36. The maximum atomic E-state index is 12.5. The van der Waals surface area contributed by atoms with Gasteiger partial charge in [0, 0.05) is 19.6 Å².